The number of benzene rings is 3. The van der Waals surface area contributed by atoms with Gasteiger partial charge in [0.2, 0.25) is 0 Å². The Kier molecular flexibility index (Phi) is 8.09. The lowest BCUT2D eigenvalue weighted by Crippen LogP contribution is -2.60. The molecule has 3 aromatic carbocycles. The average molecular weight is 667 g/mol. The van der Waals surface area contributed by atoms with Gasteiger partial charge in [-0.05, 0) is 92.7 Å². The molecule has 0 atom stereocenters. The van der Waals surface area contributed by atoms with Crippen LogP contribution in [0.2, 0.25) is 10.0 Å². The zero-order valence-corrected chi connectivity index (χ0v) is 26.7. The number of fused-ring (bicyclic) bond motifs is 2. The van der Waals surface area contributed by atoms with E-state index < -0.39 is 6.09 Å². The van der Waals surface area contributed by atoms with Crippen LogP contribution in [-0.2, 0) is 0 Å². The molecule has 3 amide bonds. The minimum absolute atomic E-state index is 0.0210. The van der Waals surface area contributed by atoms with Crippen molar-refractivity contribution in [2.75, 3.05) is 10.6 Å². The molecule has 4 fully saturated rings. The zero-order chi connectivity index (χ0) is 30.3. The molecule has 0 aliphatic heterocycles. The Labute approximate surface area is 272 Å². The van der Waals surface area contributed by atoms with Crippen molar-refractivity contribution in [3.05, 3.63) is 76.8 Å². The van der Waals surface area contributed by atoms with Crippen LogP contribution in [0.1, 0.15) is 38.5 Å². The number of carbonyl (C=O) groups is 2. The molecule has 0 saturated heterocycles. The highest BCUT2D eigenvalue weighted by Crippen LogP contribution is 2.55. The number of nitrogens with zero attached hydrogens (tertiary/aromatic N) is 2. The van der Waals surface area contributed by atoms with Crippen LogP contribution in [0.3, 0.4) is 0 Å². The minimum atomic E-state index is -0.577. The average Bonchev–Trinajstić information content (AvgIpc) is 3.57. The van der Waals surface area contributed by atoms with E-state index in [9.17, 15) is 9.59 Å². The number of anilines is 2. The number of halogens is 2. The first-order valence-electron chi connectivity index (χ1n) is 14.5. The number of ether oxygens (including phenoxy) is 1. The third kappa shape index (κ3) is 6.35. The summed E-state index contributed by atoms with van der Waals surface area (Å²) >= 11 is 15.0. The van der Waals surface area contributed by atoms with E-state index in [-0.39, 0.29) is 11.6 Å². The van der Waals surface area contributed by atoms with E-state index in [0.29, 0.717) is 31.6 Å². The maximum Gasteiger partial charge on any atom is 0.418 e. The summed E-state index contributed by atoms with van der Waals surface area (Å²) in [6.07, 6.45) is 7.00. The van der Waals surface area contributed by atoms with Crippen LogP contribution in [0.15, 0.2) is 66.7 Å². The van der Waals surface area contributed by atoms with Gasteiger partial charge in [0.1, 0.15) is 16.8 Å². The van der Waals surface area contributed by atoms with E-state index in [1.54, 1.807) is 30.3 Å². The Balaban J connectivity index is 0.000000145. The molecular weight excluding hydrogens is 637 g/mol. The van der Waals surface area contributed by atoms with Gasteiger partial charge in [-0.2, -0.15) is 0 Å². The van der Waals surface area contributed by atoms with Gasteiger partial charge in [0.15, 0.2) is 10.3 Å². The fraction of sp³-hybridized carbons (Fsp3) is 0.312. The van der Waals surface area contributed by atoms with Crippen LogP contribution in [0, 0.1) is 17.8 Å². The first kappa shape index (κ1) is 29.3. The summed E-state index contributed by atoms with van der Waals surface area (Å²) in [5.41, 5.74) is 1.45. The van der Waals surface area contributed by atoms with Crippen molar-refractivity contribution in [3.8, 4) is 5.75 Å². The van der Waals surface area contributed by atoms with Crippen LogP contribution >= 0.6 is 45.9 Å². The molecule has 8 nitrogen and oxygen atoms in total. The highest BCUT2D eigenvalue weighted by atomic mass is 35.5. The van der Waals surface area contributed by atoms with Gasteiger partial charge in [-0.25, -0.2) is 19.6 Å². The van der Waals surface area contributed by atoms with E-state index in [1.807, 2.05) is 36.4 Å². The Hall–Kier alpha value is -3.44. The fourth-order valence-electron chi connectivity index (χ4n) is 7.28. The van der Waals surface area contributed by atoms with Crippen molar-refractivity contribution < 1.29 is 14.3 Å². The maximum atomic E-state index is 12.6. The summed E-state index contributed by atoms with van der Waals surface area (Å²) < 4.78 is 7.03. The number of thiazole rings is 2. The lowest BCUT2D eigenvalue weighted by molar-refractivity contribution is -0.0127. The Morgan fingerprint density at radius 1 is 0.727 bits per heavy atom. The summed E-state index contributed by atoms with van der Waals surface area (Å²) in [5.74, 6) is 2.93. The largest absolute Gasteiger partial charge is 0.418 e. The molecule has 226 valence electrons. The molecule has 12 heteroatoms. The molecule has 4 saturated carbocycles. The van der Waals surface area contributed by atoms with E-state index in [4.69, 9.17) is 27.9 Å². The van der Waals surface area contributed by atoms with Gasteiger partial charge >= 0.3 is 12.1 Å². The first-order chi connectivity index (χ1) is 21.3. The van der Waals surface area contributed by atoms with E-state index >= 15 is 0 Å². The molecule has 3 N–H and O–H groups in total. The monoisotopic (exact) mass is 665 g/mol. The predicted molar refractivity (Wildman–Crippen MR) is 178 cm³/mol. The van der Waals surface area contributed by atoms with Gasteiger partial charge < -0.3 is 10.1 Å². The highest BCUT2D eigenvalue weighted by molar-refractivity contribution is 7.22. The fourth-order valence-corrected chi connectivity index (χ4v) is 9.59. The summed E-state index contributed by atoms with van der Waals surface area (Å²) in [4.78, 5) is 33.0. The van der Waals surface area contributed by atoms with E-state index in [1.165, 1.54) is 41.9 Å². The van der Waals surface area contributed by atoms with E-state index in [2.05, 4.69) is 25.9 Å². The van der Waals surface area contributed by atoms with Gasteiger partial charge in [0.25, 0.3) is 0 Å². The lowest BCUT2D eigenvalue weighted by Gasteiger charge is -2.56. The number of nitrogens with one attached hydrogen (secondary N) is 3. The van der Waals surface area contributed by atoms with Crippen LogP contribution < -0.4 is 20.7 Å². The van der Waals surface area contributed by atoms with Gasteiger partial charge in [0, 0.05) is 5.54 Å². The molecule has 0 spiro atoms. The Morgan fingerprint density at radius 3 is 1.77 bits per heavy atom. The number of urea groups is 1. The van der Waals surface area contributed by atoms with Crippen LogP contribution in [0.25, 0.3) is 20.4 Å². The summed E-state index contributed by atoms with van der Waals surface area (Å²) in [5, 5.41) is 11.1. The second kappa shape index (κ2) is 12.2. The molecular formula is C32H29Cl2N5O3S2. The van der Waals surface area contributed by atoms with Gasteiger partial charge in [0.05, 0.1) is 19.4 Å². The second-order valence-corrected chi connectivity index (χ2v) is 14.7. The van der Waals surface area contributed by atoms with Crippen LogP contribution in [0.4, 0.5) is 19.9 Å². The molecule has 0 unspecified atom stereocenters. The van der Waals surface area contributed by atoms with Crippen molar-refractivity contribution in [2.45, 2.75) is 44.1 Å². The number of hydrogen-bond acceptors (Lipinski definition) is 7. The summed E-state index contributed by atoms with van der Waals surface area (Å²) in [7, 11) is 0. The van der Waals surface area contributed by atoms with Gasteiger partial charge in [-0.3, -0.25) is 10.6 Å². The molecule has 9 rings (SSSR count). The SMILES string of the molecule is O=C(Nc1nc2c(Cl)cccc2s1)NC12CC3CC(CC(C3)C1)C2.O=C(Nc1nc2c(Cl)cccc2s1)Oc1ccccc1. The third-order valence-electron chi connectivity index (χ3n) is 8.54. The predicted octanol–water partition coefficient (Wildman–Crippen LogP) is 9.60. The van der Waals surface area contributed by atoms with Gasteiger partial charge in [-0.15, -0.1) is 0 Å². The number of carbonyl (C=O) groups excluding carboxylic acids is 2. The second-order valence-electron chi connectivity index (χ2n) is 11.8. The normalized spacial score (nSPS) is 23.2. The smallest absolute Gasteiger partial charge is 0.410 e. The first-order valence-corrected chi connectivity index (χ1v) is 16.9. The molecule has 44 heavy (non-hydrogen) atoms. The lowest BCUT2D eigenvalue weighted by atomic mass is 9.53. The van der Waals surface area contributed by atoms with Crippen molar-refractivity contribution in [1.29, 1.82) is 0 Å². The standard InChI is InChI=1S/C18H20ClN3OS.C14H9ClN2O2S/c19-13-2-1-3-14-15(13)20-17(24-14)21-16(23)22-18-7-10-4-11(8-18)6-12(5-10)9-18;15-10-7-4-8-11-12(10)16-13(20-11)17-14(18)19-9-5-2-1-3-6-9/h1-3,10-12H,4-9H2,(H2,20,21,22,23);1-8H,(H,16,17,18). The number of hydrogen-bond donors (Lipinski definition) is 3. The third-order valence-corrected chi connectivity index (χ3v) is 11.0. The topological polar surface area (TPSA) is 105 Å². The summed E-state index contributed by atoms with van der Waals surface area (Å²) in [6.45, 7) is 0. The highest BCUT2D eigenvalue weighted by Gasteiger charge is 2.51. The number of amides is 3. The van der Waals surface area contributed by atoms with Crippen molar-refractivity contribution in [1.82, 2.24) is 15.3 Å². The molecule has 5 aromatic rings. The molecule has 2 heterocycles. The molecule has 4 aliphatic carbocycles. The van der Waals surface area contributed by atoms with Crippen molar-refractivity contribution >= 4 is 88.7 Å². The minimum Gasteiger partial charge on any atom is -0.410 e. The van der Waals surface area contributed by atoms with Crippen LogP contribution in [0.5, 0.6) is 5.75 Å². The number of aromatic nitrogens is 2. The summed E-state index contributed by atoms with van der Waals surface area (Å²) in [6, 6.07) is 19.9. The Morgan fingerprint density at radius 2 is 1.25 bits per heavy atom. The van der Waals surface area contributed by atoms with Crippen molar-refractivity contribution in [3.63, 3.8) is 0 Å². The quantitative estimate of drug-likeness (QED) is 0.177. The zero-order valence-electron chi connectivity index (χ0n) is 23.5. The maximum absolute atomic E-state index is 12.6. The van der Waals surface area contributed by atoms with Crippen LogP contribution in [-0.4, -0.2) is 27.6 Å². The number of para-hydroxylation sites is 3. The molecule has 4 aliphatic rings. The van der Waals surface area contributed by atoms with Gasteiger partial charge in [-0.1, -0.05) is 76.2 Å². The van der Waals surface area contributed by atoms with E-state index in [0.717, 1.165) is 51.9 Å². The molecule has 4 bridgehead atoms. The Bertz CT molecular complexity index is 1810. The van der Waals surface area contributed by atoms with Crippen molar-refractivity contribution in [2.24, 2.45) is 17.8 Å². The molecule has 0 radical (unpaired) electrons. The molecule has 2 aromatic heterocycles. The number of rotatable bonds is 4.